The topological polar surface area (TPSA) is 63.6 Å². The second-order valence-electron chi connectivity index (χ2n) is 7.07. The second kappa shape index (κ2) is 12.0. The van der Waals surface area contributed by atoms with Crippen molar-refractivity contribution < 1.29 is 27.8 Å². The molecule has 0 atom stereocenters. The Balaban J connectivity index is 0.00000450. The summed E-state index contributed by atoms with van der Waals surface area (Å²) >= 11 is 0. The molecule has 0 aliphatic heterocycles. The van der Waals surface area contributed by atoms with Gasteiger partial charge in [0, 0.05) is 32.8 Å². The van der Waals surface area contributed by atoms with Crippen LogP contribution in [0.5, 0.6) is 5.75 Å². The quantitative estimate of drug-likeness (QED) is 0.294. The number of hydrogen-bond donors (Lipinski definition) is 0. The molecule has 0 heterocycles. The van der Waals surface area contributed by atoms with Gasteiger partial charge in [0.25, 0.3) is 0 Å². The SMILES string of the molecule is COCCN(C)CCOc1ccc(/C=N\N(C)C2(C(=O)OC)CCC2)c(F)c1F.Cl. The molecule has 1 aromatic carbocycles. The van der Waals surface area contributed by atoms with Crippen LogP contribution in [-0.4, -0.2) is 82.2 Å². The fourth-order valence-electron chi connectivity index (χ4n) is 3.05. The number of carbonyl (C=O) groups is 1. The predicted molar refractivity (Wildman–Crippen MR) is 112 cm³/mol. The Hall–Kier alpha value is -1.97. The highest BCUT2D eigenvalue weighted by atomic mass is 35.5. The lowest BCUT2D eigenvalue weighted by atomic mass is 9.76. The highest BCUT2D eigenvalue weighted by Crippen LogP contribution is 2.38. The molecule has 7 nitrogen and oxygen atoms in total. The van der Waals surface area contributed by atoms with E-state index in [1.807, 2.05) is 11.9 Å². The summed E-state index contributed by atoms with van der Waals surface area (Å²) in [7, 11) is 6.45. The molecule has 0 radical (unpaired) electrons. The molecule has 1 aliphatic carbocycles. The molecule has 0 bridgehead atoms. The molecule has 1 fully saturated rings. The number of hydrogen-bond acceptors (Lipinski definition) is 7. The third-order valence-corrected chi connectivity index (χ3v) is 5.22. The molecular weight excluding hydrogens is 420 g/mol. The molecule has 0 amide bonds. The van der Waals surface area contributed by atoms with Gasteiger partial charge in [0.05, 0.1) is 19.9 Å². The molecule has 0 aromatic heterocycles. The number of methoxy groups -OCH3 is 2. The van der Waals surface area contributed by atoms with Gasteiger partial charge in [-0.05, 0) is 38.4 Å². The lowest BCUT2D eigenvalue weighted by molar-refractivity contribution is -0.160. The molecule has 1 aliphatic rings. The number of benzene rings is 1. The van der Waals surface area contributed by atoms with Crippen LogP contribution in [0.2, 0.25) is 0 Å². The van der Waals surface area contributed by atoms with E-state index >= 15 is 0 Å². The molecule has 30 heavy (non-hydrogen) atoms. The summed E-state index contributed by atoms with van der Waals surface area (Å²) in [4.78, 5) is 14.0. The van der Waals surface area contributed by atoms with E-state index in [9.17, 15) is 13.6 Å². The van der Waals surface area contributed by atoms with E-state index in [0.29, 0.717) is 32.5 Å². The fraction of sp³-hybridized carbons (Fsp3) is 0.600. The number of rotatable bonds is 11. The lowest BCUT2D eigenvalue weighted by Crippen LogP contribution is -2.56. The normalized spacial score (nSPS) is 14.9. The zero-order valence-corrected chi connectivity index (χ0v) is 18.6. The standard InChI is InChI=1S/C20H29F2N3O4.ClH/c1-24(10-12-27-3)11-13-29-16-7-6-15(17(21)18(16)22)14-23-25(2)20(8-5-9-20)19(26)28-4;/h6-7,14H,5,8-13H2,1-4H3;1H/b23-14-;. The first kappa shape index (κ1) is 26.1. The summed E-state index contributed by atoms with van der Waals surface area (Å²) in [6, 6.07) is 2.76. The van der Waals surface area contributed by atoms with Crippen LogP contribution in [-0.2, 0) is 14.3 Å². The predicted octanol–water partition coefficient (Wildman–Crippen LogP) is 2.71. The first-order valence-electron chi connectivity index (χ1n) is 9.50. The summed E-state index contributed by atoms with van der Waals surface area (Å²) < 4.78 is 43.9. The number of nitrogens with zero attached hydrogens (tertiary/aromatic N) is 3. The number of halogens is 3. The van der Waals surface area contributed by atoms with E-state index in [1.165, 1.54) is 30.5 Å². The maximum Gasteiger partial charge on any atom is 0.333 e. The maximum absolute atomic E-state index is 14.4. The monoisotopic (exact) mass is 449 g/mol. The van der Waals surface area contributed by atoms with Crippen molar-refractivity contribution in [1.82, 2.24) is 9.91 Å². The number of likely N-dealkylation sites (N-methyl/N-ethyl adjacent to an activating group) is 2. The van der Waals surface area contributed by atoms with Gasteiger partial charge < -0.3 is 19.1 Å². The number of esters is 1. The van der Waals surface area contributed by atoms with E-state index in [0.717, 1.165) is 6.42 Å². The van der Waals surface area contributed by atoms with E-state index in [1.54, 1.807) is 14.2 Å². The van der Waals surface area contributed by atoms with Crippen LogP contribution in [0.15, 0.2) is 17.2 Å². The summed E-state index contributed by atoms with van der Waals surface area (Å²) in [5.74, 6) is -2.65. The number of carbonyl (C=O) groups excluding carboxylic acids is 1. The Morgan fingerprint density at radius 1 is 1.17 bits per heavy atom. The molecule has 2 rings (SSSR count). The van der Waals surface area contributed by atoms with Crippen molar-refractivity contribution in [3.8, 4) is 5.75 Å². The Labute approximate surface area is 182 Å². The van der Waals surface area contributed by atoms with Gasteiger partial charge in [0.15, 0.2) is 17.1 Å². The van der Waals surface area contributed by atoms with E-state index in [-0.39, 0.29) is 36.3 Å². The molecule has 0 N–H and O–H groups in total. The maximum atomic E-state index is 14.4. The van der Waals surface area contributed by atoms with Gasteiger partial charge in [-0.15, -0.1) is 12.4 Å². The Morgan fingerprint density at radius 3 is 2.40 bits per heavy atom. The van der Waals surface area contributed by atoms with Crippen molar-refractivity contribution in [1.29, 1.82) is 0 Å². The molecule has 1 aromatic rings. The van der Waals surface area contributed by atoms with Gasteiger partial charge in [-0.25, -0.2) is 9.18 Å². The largest absolute Gasteiger partial charge is 0.489 e. The van der Waals surface area contributed by atoms with Crippen LogP contribution in [0.4, 0.5) is 8.78 Å². The van der Waals surface area contributed by atoms with Gasteiger partial charge in [0.2, 0.25) is 5.82 Å². The molecular formula is C20H30ClF2N3O4. The Kier molecular flexibility index (Phi) is 10.4. The van der Waals surface area contributed by atoms with Crippen molar-refractivity contribution in [2.45, 2.75) is 24.8 Å². The molecule has 0 unspecified atom stereocenters. The molecule has 170 valence electrons. The second-order valence-corrected chi connectivity index (χ2v) is 7.07. The Bertz CT molecular complexity index is 732. The summed E-state index contributed by atoms with van der Waals surface area (Å²) in [6.07, 6.45) is 3.29. The van der Waals surface area contributed by atoms with Crippen LogP contribution in [0, 0.1) is 11.6 Å². The van der Waals surface area contributed by atoms with Gasteiger partial charge in [0.1, 0.15) is 6.61 Å². The zero-order chi connectivity index (χ0) is 21.4. The van der Waals surface area contributed by atoms with Crippen LogP contribution < -0.4 is 4.74 Å². The van der Waals surface area contributed by atoms with Crippen LogP contribution in [0.25, 0.3) is 0 Å². The summed E-state index contributed by atoms with van der Waals surface area (Å²) in [5.41, 5.74) is -0.865. The van der Waals surface area contributed by atoms with Gasteiger partial charge in [-0.3, -0.25) is 5.01 Å². The van der Waals surface area contributed by atoms with Crippen LogP contribution >= 0.6 is 12.4 Å². The van der Waals surface area contributed by atoms with Crippen LogP contribution in [0.3, 0.4) is 0 Å². The minimum absolute atomic E-state index is 0. The van der Waals surface area contributed by atoms with E-state index in [2.05, 4.69) is 5.10 Å². The smallest absolute Gasteiger partial charge is 0.333 e. The first-order valence-corrected chi connectivity index (χ1v) is 9.50. The van der Waals surface area contributed by atoms with E-state index in [4.69, 9.17) is 14.2 Å². The molecule has 0 saturated heterocycles. The number of ether oxygens (including phenoxy) is 3. The average molecular weight is 450 g/mol. The van der Waals surface area contributed by atoms with Crippen molar-refractivity contribution in [2.24, 2.45) is 5.10 Å². The number of hydrazone groups is 1. The average Bonchev–Trinajstić information content (AvgIpc) is 2.67. The Morgan fingerprint density at radius 2 is 1.83 bits per heavy atom. The van der Waals surface area contributed by atoms with Crippen LogP contribution in [0.1, 0.15) is 24.8 Å². The zero-order valence-electron chi connectivity index (χ0n) is 17.8. The highest BCUT2D eigenvalue weighted by Gasteiger charge is 2.49. The van der Waals surface area contributed by atoms with E-state index < -0.39 is 17.2 Å². The molecule has 0 spiro atoms. The summed E-state index contributed by atoms with van der Waals surface area (Å²) in [5, 5.41) is 5.60. The fourth-order valence-corrected chi connectivity index (χ4v) is 3.05. The minimum Gasteiger partial charge on any atom is -0.489 e. The first-order chi connectivity index (χ1) is 13.9. The van der Waals surface area contributed by atoms with Crippen molar-refractivity contribution in [3.63, 3.8) is 0 Å². The van der Waals surface area contributed by atoms with Gasteiger partial charge in [-0.1, -0.05) is 0 Å². The van der Waals surface area contributed by atoms with Gasteiger partial charge >= 0.3 is 5.97 Å². The van der Waals surface area contributed by atoms with Crippen molar-refractivity contribution in [2.75, 3.05) is 54.6 Å². The lowest BCUT2D eigenvalue weighted by Gasteiger charge is -2.44. The minimum atomic E-state index is -1.07. The van der Waals surface area contributed by atoms with Gasteiger partial charge in [-0.2, -0.15) is 9.49 Å². The van der Waals surface area contributed by atoms with Crippen molar-refractivity contribution >= 4 is 24.6 Å². The summed E-state index contributed by atoms with van der Waals surface area (Å²) in [6.45, 7) is 2.06. The third-order valence-electron chi connectivity index (χ3n) is 5.22. The highest BCUT2D eigenvalue weighted by molar-refractivity contribution is 5.85. The molecule has 10 heteroatoms. The van der Waals surface area contributed by atoms with Crippen molar-refractivity contribution in [3.05, 3.63) is 29.3 Å². The molecule has 1 saturated carbocycles. The third kappa shape index (κ3) is 6.02.